The number of ether oxygens (including phenoxy) is 1. The average Bonchev–Trinajstić information content (AvgIpc) is 2.88. The lowest BCUT2D eigenvalue weighted by Crippen LogP contribution is -2.40. The van der Waals surface area contributed by atoms with Crippen LogP contribution >= 0.6 is 11.3 Å². The third-order valence-corrected chi connectivity index (χ3v) is 3.80. The third kappa shape index (κ3) is 2.68. The Balaban J connectivity index is 2.07. The molecule has 0 bridgehead atoms. The Morgan fingerprint density at radius 3 is 2.72 bits per heavy atom. The number of nitrogens with zero attached hydrogens (tertiary/aromatic N) is 2. The van der Waals surface area contributed by atoms with E-state index in [0.29, 0.717) is 13.2 Å². The summed E-state index contributed by atoms with van der Waals surface area (Å²) in [5.41, 5.74) is -0.0799. The summed E-state index contributed by atoms with van der Waals surface area (Å²) in [5, 5.41) is 10.4. The van der Waals surface area contributed by atoms with Gasteiger partial charge in [0.1, 0.15) is 0 Å². The fourth-order valence-corrected chi connectivity index (χ4v) is 2.63. The molecule has 6 nitrogen and oxygen atoms in total. The Labute approximate surface area is 108 Å². The molecule has 18 heavy (non-hydrogen) atoms. The van der Waals surface area contributed by atoms with E-state index < -0.39 is 5.97 Å². The van der Waals surface area contributed by atoms with Gasteiger partial charge < -0.3 is 14.7 Å². The maximum Gasteiger partial charge on any atom is 0.355 e. The monoisotopic (exact) mass is 270 g/mol. The van der Waals surface area contributed by atoms with Crippen molar-refractivity contribution in [1.29, 1.82) is 0 Å². The summed E-state index contributed by atoms with van der Waals surface area (Å²) in [6.07, 6.45) is 1.61. The molecule has 2 heterocycles. The van der Waals surface area contributed by atoms with E-state index >= 15 is 0 Å². The minimum Gasteiger partial charge on any atom is -0.476 e. The molecule has 1 amide bonds. The van der Waals surface area contributed by atoms with Gasteiger partial charge in [-0.25, -0.2) is 9.78 Å². The van der Waals surface area contributed by atoms with Crippen LogP contribution < -0.4 is 0 Å². The van der Waals surface area contributed by atoms with Gasteiger partial charge in [0.05, 0.1) is 0 Å². The van der Waals surface area contributed by atoms with E-state index in [1.165, 1.54) is 5.38 Å². The van der Waals surface area contributed by atoms with Gasteiger partial charge >= 0.3 is 5.97 Å². The molecule has 0 unspecified atom stereocenters. The number of hydrogen-bond donors (Lipinski definition) is 1. The van der Waals surface area contributed by atoms with E-state index in [1.54, 1.807) is 11.9 Å². The second-order valence-electron chi connectivity index (χ2n) is 4.10. The van der Waals surface area contributed by atoms with Crippen molar-refractivity contribution in [2.75, 3.05) is 20.3 Å². The fraction of sp³-hybridized carbons (Fsp3) is 0.545. The summed E-state index contributed by atoms with van der Waals surface area (Å²) in [6, 6.07) is 0.142. The van der Waals surface area contributed by atoms with Crippen molar-refractivity contribution < 1.29 is 19.4 Å². The molecule has 2 rings (SSSR count). The molecule has 0 spiro atoms. The van der Waals surface area contributed by atoms with E-state index in [0.717, 1.165) is 24.2 Å². The largest absolute Gasteiger partial charge is 0.476 e. The normalized spacial score (nSPS) is 16.5. The molecule has 1 aromatic rings. The van der Waals surface area contributed by atoms with Crippen molar-refractivity contribution in [3.63, 3.8) is 0 Å². The predicted octanol–water partition coefficient (Wildman–Crippen LogP) is 1.09. The number of thiazole rings is 1. The fourth-order valence-electron chi connectivity index (χ4n) is 1.86. The van der Waals surface area contributed by atoms with Crippen molar-refractivity contribution in [2.45, 2.75) is 18.9 Å². The van der Waals surface area contributed by atoms with Crippen molar-refractivity contribution in [3.8, 4) is 0 Å². The van der Waals surface area contributed by atoms with E-state index in [9.17, 15) is 9.59 Å². The molecule has 0 radical (unpaired) electrons. The maximum absolute atomic E-state index is 12.1. The number of hydrogen-bond acceptors (Lipinski definition) is 5. The summed E-state index contributed by atoms with van der Waals surface area (Å²) in [7, 11) is 1.72. The number of carboxylic acid groups (broad SMARTS) is 1. The number of rotatable bonds is 3. The highest BCUT2D eigenvalue weighted by atomic mass is 32.1. The lowest BCUT2D eigenvalue weighted by Gasteiger charge is -2.30. The third-order valence-electron chi connectivity index (χ3n) is 2.97. The van der Waals surface area contributed by atoms with Crippen LogP contribution in [0.25, 0.3) is 0 Å². The Morgan fingerprint density at radius 2 is 2.17 bits per heavy atom. The molecule has 1 fully saturated rings. The van der Waals surface area contributed by atoms with Crippen LogP contribution in [0.5, 0.6) is 0 Å². The molecular formula is C11H14N2O4S. The van der Waals surface area contributed by atoms with Crippen molar-refractivity contribution in [1.82, 2.24) is 9.88 Å². The molecule has 0 aromatic carbocycles. The van der Waals surface area contributed by atoms with Gasteiger partial charge in [0, 0.05) is 31.7 Å². The van der Waals surface area contributed by atoms with Crippen LogP contribution in [0.1, 0.15) is 33.1 Å². The van der Waals surface area contributed by atoms with Crippen LogP contribution in [0.3, 0.4) is 0 Å². The van der Waals surface area contributed by atoms with E-state index in [4.69, 9.17) is 9.84 Å². The first-order chi connectivity index (χ1) is 8.59. The average molecular weight is 270 g/mol. The lowest BCUT2D eigenvalue weighted by molar-refractivity contribution is 0.0362. The number of carbonyl (C=O) groups is 2. The highest BCUT2D eigenvalue weighted by Crippen LogP contribution is 2.18. The Bertz CT molecular complexity index is 454. The topological polar surface area (TPSA) is 79.7 Å². The zero-order chi connectivity index (χ0) is 13.1. The number of aromatic nitrogens is 1. The molecule has 1 aromatic heterocycles. The first-order valence-electron chi connectivity index (χ1n) is 5.63. The molecule has 1 aliphatic heterocycles. The van der Waals surface area contributed by atoms with Gasteiger partial charge in [-0.2, -0.15) is 0 Å². The van der Waals surface area contributed by atoms with Crippen molar-refractivity contribution in [3.05, 3.63) is 16.1 Å². The standard InChI is InChI=1S/C11H14N2O4S/c1-13(7-2-4-17-5-3-7)10(14)9-12-8(6-18-9)11(15)16/h6-7H,2-5H2,1H3,(H,15,16). The summed E-state index contributed by atoms with van der Waals surface area (Å²) >= 11 is 1.06. The number of amides is 1. The van der Waals surface area contributed by atoms with Gasteiger partial charge in [0.25, 0.3) is 5.91 Å². The van der Waals surface area contributed by atoms with Crippen LogP contribution in [-0.4, -0.2) is 53.2 Å². The number of carboxylic acids is 1. The quantitative estimate of drug-likeness (QED) is 0.889. The van der Waals surface area contributed by atoms with Crippen LogP contribution in [0.4, 0.5) is 0 Å². The second kappa shape index (κ2) is 5.45. The van der Waals surface area contributed by atoms with Gasteiger partial charge in [0.2, 0.25) is 0 Å². The van der Waals surface area contributed by atoms with Crippen LogP contribution in [0, 0.1) is 0 Å². The number of carbonyl (C=O) groups excluding carboxylic acids is 1. The SMILES string of the molecule is CN(C(=O)c1nc(C(=O)O)cs1)C1CCOCC1. The maximum atomic E-state index is 12.1. The van der Waals surface area contributed by atoms with E-state index in [2.05, 4.69) is 4.98 Å². The van der Waals surface area contributed by atoms with Crippen molar-refractivity contribution in [2.24, 2.45) is 0 Å². The van der Waals surface area contributed by atoms with Crippen LogP contribution in [0.15, 0.2) is 5.38 Å². The Kier molecular flexibility index (Phi) is 3.93. The van der Waals surface area contributed by atoms with Crippen LogP contribution in [-0.2, 0) is 4.74 Å². The summed E-state index contributed by atoms with van der Waals surface area (Å²) < 4.78 is 5.24. The first kappa shape index (κ1) is 13.0. The minimum absolute atomic E-state index is 0.0799. The zero-order valence-corrected chi connectivity index (χ0v) is 10.8. The highest BCUT2D eigenvalue weighted by Gasteiger charge is 2.25. The zero-order valence-electron chi connectivity index (χ0n) is 9.96. The molecule has 1 aliphatic rings. The molecule has 1 saturated heterocycles. The van der Waals surface area contributed by atoms with Crippen molar-refractivity contribution >= 4 is 23.2 Å². The number of aromatic carboxylic acids is 1. The molecule has 1 N–H and O–H groups in total. The Hall–Kier alpha value is -1.47. The van der Waals surface area contributed by atoms with Gasteiger partial charge in [-0.3, -0.25) is 4.79 Å². The molecule has 98 valence electrons. The van der Waals surface area contributed by atoms with Gasteiger partial charge in [-0.05, 0) is 12.8 Å². The second-order valence-corrected chi connectivity index (χ2v) is 4.96. The van der Waals surface area contributed by atoms with Gasteiger partial charge in [0.15, 0.2) is 10.7 Å². The highest BCUT2D eigenvalue weighted by molar-refractivity contribution is 7.11. The van der Waals surface area contributed by atoms with Crippen LogP contribution in [0.2, 0.25) is 0 Å². The van der Waals surface area contributed by atoms with E-state index in [1.807, 2.05) is 0 Å². The first-order valence-corrected chi connectivity index (χ1v) is 6.51. The lowest BCUT2D eigenvalue weighted by atomic mass is 10.1. The Morgan fingerprint density at radius 1 is 1.50 bits per heavy atom. The smallest absolute Gasteiger partial charge is 0.355 e. The molecule has 0 atom stereocenters. The predicted molar refractivity (Wildman–Crippen MR) is 65.0 cm³/mol. The molecule has 7 heteroatoms. The molecule has 0 aliphatic carbocycles. The molecular weight excluding hydrogens is 256 g/mol. The van der Waals surface area contributed by atoms with Gasteiger partial charge in [-0.1, -0.05) is 0 Å². The summed E-state index contributed by atoms with van der Waals surface area (Å²) in [4.78, 5) is 28.3. The minimum atomic E-state index is -1.11. The van der Waals surface area contributed by atoms with Gasteiger partial charge in [-0.15, -0.1) is 11.3 Å². The van der Waals surface area contributed by atoms with E-state index in [-0.39, 0.29) is 22.7 Å². The summed E-state index contributed by atoms with van der Waals surface area (Å²) in [6.45, 7) is 1.31. The molecule has 0 saturated carbocycles. The summed E-state index contributed by atoms with van der Waals surface area (Å²) in [5.74, 6) is -1.33.